The Morgan fingerprint density at radius 3 is 2.54 bits per heavy atom. The number of halogens is 2. The molecule has 1 heterocycles. The van der Waals surface area contributed by atoms with Crippen LogP contribution < -0.4 is 9.97 Å². The van der Waals surface area contributed by atoms with E-state index in [0.717, 1.165) is 6.07 Å². The number of ether oxygens (including phenoxy) is 2. The third kappa shape index (κ3) is 4.77. The van der Waals surface area contributed by atoms with Gasteiger partial charge in [-0.2, -0.15) is 0 Å². The summed E-state index contributed by atoms with van der Waals surface area (Å²) in [7, 11) is -1.59. The fraction of sp³-hybridized carbons (Fsp3) is 0.471. The number of carbonyl (C=O) groups is 3. The van der Waals surface area contributed by atoms with Gasteiger partial charge in [0.25, 0.3) is 0 Å². The molecule has 2 N–H and O–H groups in total. The second-order valence-electron chi connectivity index (χ2n) is 7.29. The molecule has 0 saturated carbocycles. The quantitative estimate of drug-likeness (QED) is 0.444. The number of esters is 2. The Bertz CT molecular complexity index is 810. The van der Waals surface area contributed by atoms with Crippen LogP contribution in [-0.2, 0) is 25.5 Å². The summed E-state index contributed by atoms with van der Waals surface area (Å²) in [6, 6.07) is 0.807. The number of amides is 1. The molecule has 152 valence electrons. The maximum Gasteiger partial charge on any atom is 0.547 e. The van der Waals surface area contributed by atoms with Crippen molar-refractivity contribution in [2.24, 2.45) is 5.41 Å². The van der Waals surface area contributed by atoms with Gasteiger partial charge in [-0.1, -0.05) is 0 Å². The Morgan fingerprint density at radius 2 is 1.96 bits per heavy atom. The minimum atomic E-state index is -1.59. The molecule has 0 radical (unpaired) electrons. The van der Waals surface area contributed by atoms with E-state index in [1.54, 1.807) is 20.8 Å². The maximum atomic E-state index is 14.2. The third-order valence-corrected chi connectivity index (χ3v) is 3.86. The molecular formula is C17H20BF2NO7. The zero-order chi connectivity index (χ0) is 21.2. The molecule has 1 aliphatic heterocycles. The van der Waals surface area contributed by atoms with Crippen LogP contribution in [-0.4, -0.2) is 42.7 Å². The molecule has 1 amide bonds. The maximum absolute atomic E-state index is 14.2. The van der Waals surface area contributed by atoms with E-state index in [2.05, 4.69) is 5.32 Å². The average Bonchev–Trinajstić information content (AvgIpc) is 2.56. The van der Waals surface area contributed by atoms with Gasteiger partial charge >= 0.3 is 19.1 Å². The summed E-state index contributed by atoms with van der Waals surface area (Å²) in [6.45, 7) is 5.16. The first-order chi connectivity index (χ1) is 12.9. The Labute approximate surface area is 160 Å². The molecule has 0 aliphatic carbocycles. The van der Waals surface area contributed by atoms with Gasteiger partial charge in [0.05, 0.1) is 11.4 Å². The van der Waals surface area contributed by atoms with Crippen LogP contribution in [0.15, 0.2) is 6.07 Å². The van der Waals surface area contributed by atoms with Crippen molar-refractivity contribution in [2.45, 2.75) is 40.1 Å². The minimum Gasteiger partial charge on any atom is -0.534 e. The third-order valence-electron chi connectivity index (χ3n) is 3.86. The number of hydrogen-bond acceptors (Lipinski definition) is 7. The summed E-state index contributed by atoms with van der Waals surface area (Å²) in [5.74, 6) is -6.63. The zero-order valence-electron chi connectivity index (χ0n) is 15.8. The van der Waals surface area contributed by atoms with E-state index in [9.17, 15) is 28.2 Å². The lowest BCUT2D eigenvalue weighted by molar-refractivity contribution is -0.161. The Morgan fingerprint density at radius 1 is 1.32 bits per heavy atom. The van der Waals surface area contributed by atoms with E-state index in [4.69, 9.17) is 14.1 Å². The van der Waals surface area contributed by atoms with Gasteiger partial charge in [-0.15, -0.1) is 0 Å². The van der Waals surface area contributed by atoms with Crippen molar-refractivity contribution in [1.29, 1.82) is 0 Å². The molecule has 0 fully saturated rings. The molecule has 8 nitrogen and oxygen atoms in total. The molecule has 0 bridgehead atoms. The van der Waals surface area contributed by atoms with Gasteiger partial charge in [-0.3, -0.25) is 9.59 Å². The number of nitrogens with one attached hydrogen (secondary N) is 1. The molecule has 1 atom stereocenters. The van der Waals surface area contributed by atoms with Crippen LogP contribution in [0, 0.1) is 17.0 Å². The Kier molecular flexibility index (Phi) is 6.28. The Hall–Kier alpha value is -2.69. The predicted octanol–water partition coefficient (Wildman–Crippen LogP) is 1.13. The van der Waals surface area contributed by atoms with Gasteiger partial charge in [0.1, 0.15) is 11.3 Å². The van der Waals surface area contributed by atoms with Crippen molar-refractivity contribution >= 4 is 25.0 Å². The molecule has 1 aromatic carbocycles. The highest BCUT2D eigenvalue weighted by Crippen LogP contribution is 2.34. The summed E-state index contributed by atoms with van der Waals surface area (Å²) in [6.07, 6.45) is -0.105. The summed E-state index contributed by atoms with van der Waals surface area (Å²) in [5, 5.41) is 12.4. The lowest BCUT2D eigenvalue weighted by Crippen LogP contribution is -2.52. The van der Waals surface area contributed by atoms with Gasteiger partial charge in [-0.25, -0.2) is 13.6 Å². The number of benzene rings is 1. The summed E-state index contributed by atoms with van der Waals surface area (Å²) >= 11 is 0. The number of rotatable bonds is 4. The molecule has 1 aliphatic rings. The first-order valence-electron chi connectivity index (χ1n) is 8.39. The summed E-state index contributed by atoms with van der Waals surface area (Å²) < 4.78 is 42.8. The van der Waals surface area contributed by atoms with Gasteiger partial charge in [-0.05, 0) is 38.8 Å². The highest BCUT2D eigenvalue weighted by molar-refractivity contribution is 6.47. The lowest BCUT2D eigenvalue weighted by Gasteiger charge is -2.29. The molecule has 0 unspecified atom stereocenters. The van der Waals surface area contributed by atoms with Crippen LogP contribution in [0.4, 0.5) is 8.78 Å². The predicted molar refractivity (Wildman–Crippen MR) is 92.1 cm³/mol. The fourth-order valence-corrected chi connectivity index (χ4v) is 2.48. The average molecular weight is 399 g/mol. The van der Waals surface area contributed by atoms with Crippen molar-refractivity contribution < 1.29 is 42.3 Å². The van der Waals surface area contributed by atoms with E-state index in [-0.39, 0.29) is 12.0 Å². The zero-order valence-corrected chi connectivity index (χ0v) is 15.8. The standard InChI is InChI=1S/C17H20BF2NO7/c1-8(22)21-11-6-9-5-10(19)13(20)12(14(9)28-18(11)25)15(23)26-7-27-16(24)17(2,3)4/h5,11,25H,6-7H2,1-4H3,(H,21,22)/t11-/m0/s1. The van der Waals surface area contributed by atoms with Gasteiger partial charge in [0, 0.05) is 6.92 Å². The van der Waals surface area contributed by atoms with E-state index in [1.807, 2.05) is 0 Å². The van der Waals surface area contributed by atoms with Gasteiger partial charge in [0.15, 0.2) is 11.6 Å². The molecule has 0 aromatic heterocycles. The summed E-state index contributed by atoms with van der Waals surface area (Å²) in [5.41, 5.74) is -1.66. The summed E-state index contributed by atoms with van der Waals surface area (Å²) in [4.78, 5) is 35.1. The molecular weight excluding hydrogens is 379 g/mol. The van der Waals surface area contributed by atoms with Crippen LogP contribution in [0.2, 0.25) is 0 Å². The number of hydrogen-bond donors (Lipinski definition) is 2. The molecule has 11 heteroatoms. The fourth-order valence-electron chi connectivity index (χ4n) is 2.48. The van der Waals surface area contributed by atoms with Crippen LogP contribution in [0.1, 0.15) is 43.6 Å². The van der Waals surface area contributed by atoms with Crippen LogP contribution >= 0.6 is 0 Å². The highest BCUT2D eigenvalue weighted by Gasteiger charge is 2.39. The minimum absolute atomic E-state index is 0.0570. The van der Waals surface area contributed by atoms with E-state index < -0.39 is 66.1 Å². The van der Waals surface area contributed by atoms with Crippen molar-refractivity contribution in [2.75, 3.05) is 6.79 Å². The highest BCUT2D eigenvalue weighted by atomic mass is 19.2. The topological polar surface area (TPSA) is 111 Å². The van der Waals surface area contributed by atoms with Crippen molar-refractivity contribution in [3.05, 3.63) is 28.8 Å². The smallest absolute Gasteiger partial charge is 0.534 e. The van der Waals surface area contributed by atoms with Crippen LogP contribution in [0.5, 0.6) is 5.75 Å². The van der Waals surface area contributed by atoms with E-state index in [0.29, 0.717) is 0 Å². The van der Waals surface area contributed by atoms with Crippen molar-refractivity contribution in [3.63, 3.8) is 0 Å². The monoisotopic (exact) mass is 399 g/mol. The lowest BCUT2D eigenvalue weighted by atomic mass is 9.72. The molecule has 0 spiro atoms. The molecule has 0 saturated heterocycles. The largest absolute Gasteiger partial charge is 0.547 e. The van der Waals surface area contributed by atoms with E-state index in [1.165, 1.54) is 6.92 Å². The number of fused-ring (bicyclic) bond motifs is 1. The van der Waals surface area contributed by atoms with Crippen molar-refractivity contribution in [3.8, 4) is 5.75 Å². The van der Waals surface area contributed by atoms with Crippen LogP contribution in [0.25, 0.3) is 0 Å². The molecule has 2 rings (SSSR count). The van der Waals surface area contributed by atoms with Gasteiger partial charge in [0.2, 0.25) is 12.7 Å². The molecule has 28 heavy (non-hydrogen) atoms. The normalized spacial score (nSPS) is 16.0. The Balaban J connectivity index is 2.23. The SMILES string of the molecule is CC(=O)N[C@H]1Cc2cc(F)c(F)c(C(=O)OCOC(=O)C(C)(C)C)c2OB1O. The van der Waals surface area contributed by atoms with Gasteiger partial charge < -0.3 is 24.5 Å². The first-order valence-corrected chi connectivity index (χ1v) is 8.39. The second kappa shape index (κ2) is 8.13. The van der Waals surface area contributed by atoms with Crippen LogP contribution in [0.3, 0.4) is 0 Å². The van der Waals surface area contributed by atoms with Crippen molar-refractivity contribution in [1.82, 2.24) is 5.32 Å². The van der Waals surface area contributed by atoms with E-state index >= 15 is 0 Å². The second-order valence-corrected chi connectivity index (χ2v) is 7.29. The molecule has 1 aromatic rings. The number of carbonyl (C=O) groups excluding carboxylic acids is 3. The first kappa shape index (κ1) is 21.6.